The van der Waals surface area contributed by atoms with Gasteiger partial charge in [-0.05, 0) is 62.6 Å². The zero-order valence-corrected chi connectivity index (χ0v) is 29.8. The summed E-state index contributed by atoms with van der Waals surface area (Å²) >= 11 is 1.71. The van der Waals surface area contributed by atoms with Gasteiger partial charge in [-0.2, -0.15) is 0 Å². The number of hydrogen-bond acceptors (Lipinski definition) is 7. The van der Waals surface area contributed by atoms with Crippen LogP contribution >= 0.6 is 11.3 Å². The largest absolute Gasteiger partial charge is 0.391 e. The van der Waals surface area contributed by atoms with E-state index in [1.54, 1.807) is 16.2 Å². The molecule has 9 heteroatoms. The molecule has 1 saturated heterocycles. The molecule has 0 aliphatic carbocycles. The zero-order chi connectivity index (χ0) is 34.1. The minimum Gasteiger partial charge on any atom is -0.391 e. The van der Waals surface area contributed by atoms with Gasteiger partial charge >= 0.3 is 0 Å². The lowest BCUT2D eigenvalue weighted by molar-refractivity contribution is -0.132. The maximum atomic E-state index is 11.6. The van der Waals surface area contributed by atoms with E-state index in [0.717, 1.165) is 50.8 Å². The van der Waals surface area contributed by atoms with Crippen LogP contribution in [0, 0.1) is 12.3 Å². The minimum absolute atomic E-state index is 0.0463. The van der Waals surface area contributed by atoms with E-state index >= 15 is 0 Å². The number of carbonyl (C=O) groups is 3. The van der Waals surface area contributed by atoms with E-state index in [2.05, 4.69) is 63.9 Å². The first-order valence-electron chi connectivity index (χ1n) is 16.7. The van der Waals surface area contributed by atoms with Gasteiger partial charge in [-0.15, -0.1) is 11.3 Å². The molecule has 1 fully saturated rings. The number of nitrogens with zero attached hydrogens (tertiary/aromatic N) is 2. The van der Waals surface area contributed by atoms with Crippen molar-refractivity contribution in [3.05, 3.63) is 41.0 Å². The molecule has 1 aromatic carbocycles. The number of nitrogens with two attached hydrogens (primary N) is 2. The van der Waals surface area contributed by atoms with Gasteiger partial charge in [0.15, 0.2) is 0 Å². The van der Waals surface area contributed by atoms with Gasteiger partial charge in [0.2, 0.25) is 11.8 Å². The molecule has 2 amide bonds. The summed E-state index contributed by atoms with van der Waals surface area (Å²) in [6.07, 6.45) is 14.3. The summed E-state index contributed by atoms with van der Waals surface area (Å²) < 4.78 is 0. The Morgan fingerprint density at radius 2 is 1.60 bits per heavy atom. The van der Waals surface area contributed by atoms with Gasteiger partial charge in [0.05, 0.1) is 22.2 Å². The highest BCUT2D eigenvalue weighted by molar-refractivity contribution is 7.13. The van der Waals surface area contributed by atoms with E-state index in [9.17, 15) is 14.7 Å². The summed E-state index contributed by atoms with van der Waals surface area (Å²) in [6, 6.07) is 8.84. The Bertz CT molecular complexity index is 1050. The number of primary amides is 1. The number of thiazole rings is 1. The van der Waals surface area contributed by atoms with Crippen LogP contribution in [0.1, 0.15) is 123 Å². The second-order valence-corrected chi connectivity index (χ2v) is 13.7. The number of benzene rings is 1. The average Bonchev–Trinajstić information content (AvgIpc) is 3.61. The second-order valence-electron chi connectivity index (χ2n) is 12.8. The highest BCUT2D eigenvalue weighted by atomic mass is 32.1. The van der Waals surface area contributed by atoms with Crippen molar-refractivity contribution in [2.75, 3.05) is 19.6 Å². The fourth-order valence-electron chi connectivity index (χ4n) is 4.73. The van der Waals surface area contributed by atoms with Crippen LogP contribution in [-0.4, -0.2) is 58.8 Å². The fourth-order valence-corrected chi connectivity index (χ4v) is 5.54. The zero-order valence-electron chi connectivity index (χ0n) is 29.0. The number of aryl methyl sites for hydroxylation is 2. The Morgan fingerprint density at radius 3 is 2.02 bits per heavy atom. The van der Waals surface area contributed by atoms with Crippen molar-refractivity contribution in [1.29, 1.82) is 0 Å². The molecule has 0 spiro atoms. The quantitative estimate of drug-likeness (QED) is 0.146. The molecule has 1 unspecified atom stereocenters. The molecule has 45 heavy (non-hydrogen) atoms. The molecule has 0 bridgehead atoms. The fraction of sp³-hybridized carbons (Fsp3) is 0.667. The summed E-state index contributed by atoms with van der Waals surface area (Å²) in [5.41, 5.74) is 16.2. The van der Waals surface area contributed by atoms with Crippen LogP contribution in [0.3, 0.4) is 0 Å². The smallest absolute Gasteiger partial charge is 0.223 e. The van der Waals surface area contributed by atoms with Crippen molar-refractivity contribution in [2.45, 2.75) is 131 Å². The molecule has 0 saturated carbocycles. The Balaban J connectivity index is 0.000000619. The first-order valence-corrected chi connectivity index (χ1v) is 17.6. The molecular weight excluding hydrogens is 584 g/mol. The van der Waals surface area contributed by atoms with Gasteiger partial charge in [-0.1, -0.05) is 96.9 Å². The van der Waals surface area contributed by atoms with Crippen LogP contribution in [0.15, 0.2) is 29.8 Å². The molecule has 2 aromatic rings. The number of rotatable bonds is 14. The van der Waals surface area contributed by atoms with Crippen molar-refractivity contribution in [2.24, 2.45) is 16.9 Å². The van der Waals surface area contributed by atoms with Crippen LogP contribution in [0.25, 0.3) is 10.4 Å². The van der Waals surface area contributed by atoms with Gasteiger partial charge in [0.25, 0.3) is 0 Å². The molecule has 1 atom stereocenters. The predicted octanol–water partition coefficient (Wildman–Crippen LogP) is 7.23. The molecule has 8 nitrogen and oxygen atoms in total. The lowest BCUT2D eigenvalue weighted by Crippen LogP contribution is -2.32. The number of aldehydes is 1. The first kappa shape index (κ1) is 42.4. The van der Waals surface area contributed by atoms with Gasteiger partial charge in [-0.25, -0.2) is 4.98 Å². The molecule has 5 N–H and O–H groups in total. The van der Waals surface area contributed by atoms with E-state index < -0.39 is 0 Å². The van der Waals surface area contributed by atoms with Crippen molar-refractivity contribution in [1.82, 2.24) is 9.88 Å². The van der Waals surface area contributed by atoms with E-state index in [1.165, 1.54) is 67.9 Å². The van der Waals surface area contributed by atoms with Crippen LogP contribution in [0.2, 0.25) is 0 Å². The Kier molecular flexibility index (Phi) is 24.1. The number of β-amino-alcohol motifs (C(OH)–C–C–N with tert-alkyl or cyclic N) is 1. The second kappa shape index (κ2) is 25.6. The summed E-state index contributed by atoms with van der Waals surface area (Å²) in [6.45, 7) is 13.9. The van der Waals surface area contributed by atoms with Crippen molar-refractivity contribution in [3.63, 3.8) is 0 Å². The highest BCUT2D eigenvalue weighted by Crippen LogP contribution is 2.27. The van der Waals surface area contributed by atoms with E-state index in [-0.39, 0.29) is 23.3 Å². The number of aromatic nitrogens is 1. The van der Waals surface area contributed by atoms with E-state index in [4.69, 9.17) is 16.3 Å². The maximum Gasteiger partial charge on any atom is 0.223 e. The predicted molar refractivity (Wildman–Crippen MR) is 189 cm³/mol. The van der Waals surface area contributed by atoms with Gasteiger partial charge in [-0.3, -0.25) is 9.59 Å². The summed E-state index contributed by atoms with van der Waals surface area (Å²) in [5, 5.41) is 9.25. The van der Waals surface area contributed by atoms with Crippen LogP contribution in [-0.2, 0) is 20.8 Å². The van der Waals surface area contributed by atoms with Crippen LogP contribution < -0.4 is 11.5 Å². The molecule has 3 rings (SSSR count). The normalized spacial score (nSPS) is 13.9. The number of amides is 2. The van der Waals surface area contributed by atoms with Crippen LogP contribution in [0.4, 0.5) is 0 Å². The molecule has 1 aromatic heterocycles. The maximum absolute atomic E-state index is 11.6. The SMILES string of the molecule is CC(C)(C)CC(=O)N1CCC(O)C1.CC=O.CCCc1ccc(-c2scnc2C)cc1.NCCCCCCCCCCC(N)=O. The highest BCUT2D eigenvalue weighted by Gasteiger charge is 2.27. The van der Waals surface area contributed by atoms with Crippen molar-refractivity contribution < 1.29 is 19.5 Å². The Labute approximate surface area is 277 Å². The Hall–Kier alpha value is -2.62. The molecule has 256 valence electrons. The third kappa shape index (κ3) is 22.5. The minimum atomic E-state index is -0.302. The van der Waals surface area contributed by atoms with Crippen molar-refractivity contribution >= 4 is 29.4 Å². The number of carbonyl (C=O) groups excluding carboxylic acids is 3. The summed E-state index contributed by atoms with van der Waals surface area (Å²) in [4.78, 5) is 38.2. The lowest BCUT2D eigenvalue weighted by atomic mass is 9.92. The number of hydrogen-bond donors (Lipinski definition) is 3. The molecule has 2 heterocycles. The molecule has 1 aliphatic rings. The van der Waals surface area contributed by atoms with E-state index in [0.29, 0.717) is 19.4 Å². The van der Waals surface area contributed by atoms with Gasteiger partial charge in [0.1, 0.15) is 6.29 Å². The first-order chi connectivity index (χ1) is 21.4. The van der Waals surface area contributed by atoms with Gasteiger partial charge < -0.3 is 26.3 Å². The summed E-state index contributed by atoms with van der Waals surface area (Å²) in [7, 11) is 0. The van der Waals surface area contributed by atoms with Gasteiger partial charge in [0, 0.05) is 25.9 Å². The topological polar surface area (TPSA) is 140 Å². The monoisotopic (exact) mass is 646 g/mol. The Morgan fingerprint density at radius 1 is 1.04 bits per heavy atom. The van der Waals surface area contributed by atoms with Crippen molar-refractivity contribution in [3.8, 4) is 10.4 Å². The number of aliphatic hydroxyl groups is 1. The molecular formula is C36H62N4O4S. The number of likely N-dealkylation sites (tertiary alicyclic amines) is 1. The molecule has 0 radical (unpaired) electrons. The lowest BCUT2D eigenvalue weighted by Gasteiger charge is -2.22. The standard InChI is InChI=1S/C13H15NS.C11H24N2O.C10H19NO2.C2H4O/c1-3-4-11-5-7-12(8-6-11)13-10(2)14-9-15-13;12-10-8-6-4-2-1-3-5-7-9-11(13)14;1-10(2,3)6-9(13)11-5-4-8(12)7-11;1-2-3/h5-9H,3-4H2,1-2H3;1-10,12H2,(H2,13,14);8,12H,4-7H2,1-3H3;2H,1H3. The number of unbranched alkanes of at least 4 members (excludes halogenated alkanes) is 7. The van der Waals surface area contributed by atoms with E-state index in [1.807, 2.05) is 5.51 Å². The third-order valence-electron chi connectivity index (χ3n) is 7.08. The average molecular weight is 647 g/mol. The summed E-state index contributed by atoms with van der Waals surface area (Å²) in [5.74, 6) is -0.00278. The number of aliphatic hydroxyl groups excluding tert-OH is 1. The van der Waals surface area contributed by atoms with Crippen LogP contribution in [0.5, 0.6) is 0 Å². The third-order valence-corrected chi connectivity index (χ3v) is 8.05. The molecule has 1 aliphatic heterocycles.